The van der Waals surface area contributed by atoms with Crippen LogP contribution in [0.3, 0.4) is 0 Å². The molecule has 3 rings (SSSR count). The van der Waals surface area contributed by atoms with Crippen LogP contribution in [0.5, 0.6) is 0 Å². The van der Waals surface area contributed by atoms with Gasteiger partial charge in [-0.15, -0.1) is 0 Å². The number of rotatable bonds is 5. The topological polar surface area (TPSA) is 86.8 Å². The van der Waals surface area contributed by atoms with Crippen LogP contribution in [0, 0.1) is 0 Å². The number of fused-ring (bicyclic) bond motifs is 1. The minimum atomic E-state index is -3.53. The molecule has 1 aliphatic heterocycles. The fourth-order valence-corrected chi connectivity index (χ4v) is 3.67. The number of carbonyl (C=O) groups excluding carboxylic acids is 2. The van der Waals surface area contributed by atoms with Crippen LogP contribution < -0.4 is 5.32 Å². The summed E-state index contributed by atoms with van der Waals surface area (Å²) in [6, 6.07) is 12.9. The predicted octanol–water partition coefficient (Wildman–Crippen LogP) is 2.00. The van der Waals surface area contributed by atoms with Crippen molar-refractivity contribution >= 4 is 33.2 Å². The molecule has 0 saturated heterocycles. The van der Waals surface area contributed by atoms with Gasteiger partial charge < -0.3 is 5.32 Å². The molecule has 140 valence electrons. The van der Waals surface area contributed by atoms with Crippen molar-refractivity contribution < 1.29 is 18.0 Å². The number of hydrogen-bond acceptors (Lipinski definition) is 4. The highest BCUT2D eigenvalue weighted by atomic mass is 32.2. The summed E-state index contributed by atoms with van der Waals surface area (Å²) >= 11 is 0. The van der Waals surface area contributed by atoms with Crippen LogP contribution in [0.15, 0.2) is 60.0 Å². The first kappa shape index (κ1) is 18.8. The normalized spacial score (nSPS) is 13.8. The Morgan fingerprint density at radius 1 is 1.07 bits per heavy atom. The molecule has 2 amide bonds. The zero-order valence-corrected chi connectivity index (χ0v) is 15.8. The summed E-state index contributed by atoms with van der Waals surface area (Å²) in [4.78, 5) is 26.2. The van der Waals surface area contributed by atoms with E-state index in [1.54, 1.807) is 18.2 Å². The molecule has 0 bridgehead atoms. The van der Waals surface area contributed by atoms with Crippen LogP contribution in [-0.4, -0.2) is 50.1 Å². The third-order valence-corrected chi connectivity index (χ3v) is 6.09. The molecule has 8 heteroatoms. The lowest BCUT2D eigenvalue weighted by Crippen LogP contribution is -2.32. The Balaban J connectivity index is 1.69. The smallest absolute Gasteiger partial charge is 0.259 e. The van der Waals surface area contributed by atoms with Gasteiger partial charge in [0.2, 0.25) is 15.9 Å². The van der Waals surface area contributed by atoms with Crippen LogP contribution in [0.1, 0.15) is 15.9 Å². The fourth-order valence-electron chi connectivity index (χ4n) is 2.77. The Kier molecular flexibility index (Phi) is 4.86. The number of hydrogen-bond donors (Lipinski definition) is 1. The fraction of sp³-hybridized carbons (Fsp3) is 0.158. The van der Waals surface area contributed by atoms with E-state index >= 15 is 0 Å². The van der Waals surface area contributed by atoms with Crippen molar-refractivity contribution in [2.45, 2.75) is 4.90 Å². The van der Waals surface area contributed by atoms with Crippen molar-refractivity contribution in [2.24, 2.45) is 0 Å². The van der Waals surface area contributed by atoms with Gasteiger partial charge in [-0.3, -0.25) is 14.5 Å². The maximum Gasteiger partial charge on any atom is 0.259 e. The molecule has 0 unspecified atom stereocenters. The summed E-state index contributed by atoms with van der Waals surface area (Å²) in [5, 5.41) is 2.66. The van der Waals surface area contributed by atoms with Crippen LogP contribution in [-0.2, 0) is 14.8 Å². The number of anilines is 1. The zero-order chi connectivity index (χ0) is 19.8. The molecule has 2 aromatic carbocycles. The molecular weight excluding hydrogens is 366 g/mol. The van der Waals surface area contributed by atoms with Crippen molar-refractivity contribution in [1.29, 1.82) is 0 Å². The summed E-state index contributed by atoms with van der Waals surface area (Å²) in [5.74, 6) is -0.668. The van der Waals surface area contributed by atoms with E-state index in [4.69, 9.17) is 0 Å². The highest BCUT2D eigenvalue weighted by Crippen LogP contribution is 2.30. The first-order valence-corrected chi connectivity index (χ1v) is 9.58. The lowest BCUT2D eigenvalue weighted by Gasteiger charge is -2.17. The van der Waals surface area contributed by atoms with Gasteiger partial charge in [-0.05, 0) is 30.3 Å². The molecular formula is C19H19N3O4S. The van der Waals surface area contributed by atoms with Gasteiger partial charge in [-0.2, -0.15) is 0 Å². The molecule has 0 saturated carbocycles. The molecule has 0 aromatic heterocycles. The van der Waals surface area contributed by atoms with E-state index < -0.39 is 15.9 Å². The molecule has 0 aliphatic carbocycles. The van der Waals surface area contributed by atoms with E-state index in [9.17, 15) is 18.0 Å². The third-order valence-electron chi connectivity index (χ3n) is 4.26. The van der Waals surface area contributed by atoms with Crippen LogP contribution in [0.25, 0.3) is 5.70 Å². The lowest BCUT2D eigenvalue weighted by atomic mass is 10.1. The number of carbonyl (C=O) groups is 2. The quantitative estimate of drug-likeness (QED) is 0.853. The average Bonchev–Trinajstić information content (AvgIpc) is 2.87. The van der Waals surface area contributed by atoms with Gasteiger partial charge in [0.15, 0.2) is 0 Å². The van der Waals surface area contributed by atoms with E-state index in [2.05, 4.69) is 11.9 Å². The van der Waals surface area contributed by atoms with Crippen molar-refractivity contribution in [2.75, 3.05) is 26.0 Å². The first-order chi connectivity index (χ1) is 12.7. The Morgan fingerprint density at radius 2 is 1.67 bits per heavy atom. The van der Waals surface area contributed by atoms with E-state index in [1.165, 1.54) is 43.3 Å². The molecule has 7 nitrogen and oxygen atoms in total. The Morgan fingerprint density at radius 3 is 2.22 bits per heavy atom. The maximum absolute atomic E-state index is 12.4. The number of amides is 2. The Bertz CT molecular complexity index is 992. The van der Waals surface area contributed by atoms with Crippen LogP contribution in [0.4, 0.5) is 5.69 Å². The van der Waals surface area contributed by atoms with Crippen molar-refractivity contribution in [3.63, 3.8) is 0 Å². The summed E-state index contributed by atoms with van der Waals surface area (Å²) in [6.45, 7) is 3.72. The minimum absolute atomic E-state index is 0.129. The average molecular weight is 385 g/mol. The molecule has 2 aromatic rings. The maximum atomic E-state index is 12.4. The summed E-state index contributed by atoms with van der Waals surface area (Å²) in [5.41, 5.74) is 2.16. The number of sulfonamides is 1. The largest absolute Gasteiger partial charge is 0.325 e. The second-order valence-electron chi connectivity index (χ2n) is 6.24. The second-order valence-corrected chi connectivity index (χ2v) is 8.40. The van der Waals surface area contributed by atoms with Gasteiger partial charge >= 0.3 is 0 Å². The third kappa shape index (κ3) is 3.49. The lowest BCUT2D eigenvalue weighted by molar-refractivity contribution is -0.116. The first-order valence-electron chi connectivity index (χ1n) is 8.14. The van der Waals surface area contributed by atoms with E-state index in [-0.39, 0.29) is 17.3 Å². The molecule has 1 N–H and O–H groups in total. The second kappa shape index (κ2) is 6.98. The SMILES string of the molecule is C=C1c2ccccc2C(=O)N1CC(=O)Nc1ccc(S(=O)(=O)N(C)C)cc1. The highest BCUT2D eigenvalue weighted by molar-refractivity contribution is 7.89. The number of nitrogens with zero attached hydrogens (tertiary/aromatic N) is 2. The number of nitrogens with one attached hydrogen (secondary N) is 1. The van der Waals surface area contributed by atoms with Crippen molar-refractivity contribution in [3.05, 3.63) is 66.2 Å². The van der Waals surface area contributed by atoms with Gasteiger partial charge in [0.05, 0.1) is 4.90 Å². The highest BCUT2D eigenvalue weighted by Gasteiger charge is 2.31. The molecule has 27 heavy (non-hydrogen) atoms. The van der Waals surface area contributed by atoms with E-state index in [0.717, 1.165) is 4.31 Å². The molecule has 1 heterocycles. The monoisotopic (exact) mass is 385 g/mol. The van der Waals surface area contributed by atoms with Crippen LogP contribution >= 0.6 is 0 Å². The standard InChI is InChI=1S/C19H19N3O4S/c1-13-16-6-4-5-7-17(16)19(24)22(13)12-18(23)20-14-8-10-15(11-9-14)27(25,26)21(2)3/h4-11H,1,12H2,2-3H3,(H,20,23). The molecule has 0 radical (unpaired) electrons. The van der Waals surface area contributed by atoms with Gasteiger partial charge in [-0.25, -0.2) is 12.7 Å². The summed E-state index contributed by atoms with van der Waals surface area (Å²) in [6.07, 6.45) is 0. The van der Waals surface area contributed by atoms with Crippen molar-refractivity contribution in [1.82, 2.24) is 9.21 Å². The van der Waals surface area contributed by atoms with Gasteiger partial charge in [0, 0.05) is 36.6 Å². The predicted molar refractivity (Wildman–Crippen MR) is 102 cm³/mol. The Labute approximate surface area is 158 Å². The Hall–Kier alpha value is -2.97. The van der Waals surface area contributed by atoms with Gasteiger partial charge in [0.1, 0.15) is 6.54 Å². The minimum Gasteiger partial charge on any atom is -0.325 e. The molecule has 1 aliphatic rings. The van der Waals surface area contributed by atoms with Gasteiger partial charge in [0.25, 0.3) is 5.91 Å². The van der Waals surface area contributed by atoms with Gasteiger partial charge in [-0.1, -0.05) is 24.8 Å². The van der Waals surface area contributed by atoms with Crippen LogP contribution in [0.2, 0.25) is 0 Å². The molecule has 0 spiro atoms. The zero-order valence-electron chi connectivity index (χ0n) is 15.0. The number of benzene rings is 2. The van der Waals surface area contributed by atoms with Crippen molar-refractivity contribution in [3.8, 4) is 0 Å². The molecule has 0 atom stereocenters. The summed E-state index contributed by atoms with van der Waals surface area (Å²) in [7, 11) is -0.635. The summed E-state index contributed by atoms with van der Waals surface area (Å²) < 4.78 is 25.2. The molecule has 0 fully saturated rings. The van der Waals surface area contributed by atoms with E-state index in [0.29, 0.717) is 22.5 Å². The van der Waals surface area contributed by atoms with E-state index in [1.807, 2.05) is 6.07 Å².